The van der Waals surface area contributed by atoms with Gasteiger partial charge in [0, 0.05) is 23.8 Å². The van der Waals surface area contributed by atoms with Crippen LogP contribution >= 0.6 is 11.8 Å². The van der Waals surface area contributed by atoms with Gasteiger partial charge in [-0.3, -0.25) is 4.79 Å². The molecule has 2 heterocycles. The molecule has 6 heteroatoms. The Morgan fingerprint density at radius 3 is 2.75 bits per heavy atom. The van der Waals surface area contributed by atoms with Crippen LogP contribution < -0.4 is 5.56 Å². The fourth-order valence-electron chi connectivity index (χ4n) is 4.18. The normalized spacial score (nSPS) is 18.3. The summed E-state index contributed by atoms with van der Waals surface area (Å²) in [7, 11) is 1.87. The van der Waals surface area contributed by atoms with Gasteiger partial charge >= 0.3 is 0 Å². The van der Waals surface area contributed by atoms with Crippen molar-refractivity contribution in [1.82, 2.24) is 19.2 Å². The molecule has 1 aromatic carbocycles. The van der Waals surface area contributed by atoms with Crippen molar-refractivity contribution in [2.75, 3.05) is 5.75 Å². The third kappa shape index (κ3) is 2.98. The Hall–Kier alpha value is -2.08. The summed E-state index contributed by atoms with van der Waals surface area (Å²) in [6, 6.07) is 8.34. The Balaban J connectivity index is 1.94. The van der Waals surface area contributed by atoms with Gasteiger partial charge in [-0.05, 0) is 24.8 Å². The lowest BCUT2D eigenvalue weighted by Crippen LogP contribution is -2.37. The predicted molar refractivity (Wildman–Crippen MR) is 115 cm³/mol. The van der Waals surface area contributed by atoms with Crippen molar-refractivity contribution in [3.05, 3.63) is 45.7 Å². The van der Waals surface area contributed by atoms with Crippen LogP contribution in [0.2, 0.25) is 0 Å². The summed E-state index contributed by atoms with van der Waals surface area (Å²) in [5, 5.41) is 5.38. The second-order valence-electron chi connectivity index (χ2n) is 7.99. The minimum Gasteiger partial charge on any atom is -0.268 e. The van der Waals surface area contributed by atoms with E-state index in [1.807, 2.05) is 13.1 Å². The molecule has 1 unspecified atom stereocenters. The SMILES string of the molecule is CCCCCSc1nn(C)c2nc3c(c(=O)n12)C(C)(CC)Cc1ccccc1-3. The smallest absolute Gasteiger partial charge is 0.265 e. The molecule has 4 rings (SSSR count). The number of hydrogen-bond acceptors (Lipinski definition) is 4. The molecule has 0 N–H and O–H groups in total. The molecule has 0 spiro atoms. The zero-order valence-corrected chi connectivity index (χ0v) is 18.0. The summed E-state index contributed by atoms with van der Waals surface area (Å²) in [4.78, 5) is 18.7. The molecule has 2 aromatic heterocycles. The van der Waals surface area contributed by atoms with E-state index in [1.165, 1.54) is 18.4 Å². The Morgan fingerprint density at radius 2 is 2.00 bits per heavy atom. The van der Waals surface area contributed by atoms with Crippen LogP contribution in [0.15, 0.2) is 34.2 Å². The zero-order chi connectivity index (χ0) is 19.9. The van der Waals surface area contributed by atoms with Gasteiger partial charge in [-0.2, -0.15) is 0 Å². The lowest BCUT2D eigenvalue weighted by molar-refractivity contribution is 0.439. The second kappa shape index (κ2) is 7.39. The maximum Gasteiger partial charge on any atom is 0.265 e. The van der Waals surface area contributed by atoms with Crippen molar-refractivity contribution < 1.29 is 0 Å². The molecule has 3 aromatic rings. The lowest BCUT2D eigenvalue weighted by atomic mass is 9.69. The van der Waals surface area contributed by atoms with Crippen LogP contribution in [0.4, 0.5) is 0 Å². The highest BCUT2D eigenvalue weighted by Gasteiger charge is 2.38. The number of aromatic nitrogens is 4. The third-order valence-corrected chi connectivity index (χ3v) is 7.01. The topological polar surface area (TPSA) is 52.2 Å². The molecule has 1 aliphatic rings. The average Bonchev–Trinajstić information content (AvgIpc) is 3.01. The van der Waals surface area contributed by atoms with E-state index in [9.17, 15) is 4.79 Å². The molecule has 0 saturated carbocycles. The van der Waals surface area contributed by atoms with Crippen LogP contribution in [0, 0.1) is 0 Å². The minimum atomic E-state index is -0.213. The molecule has 148 valence electrons. The van der Waals surface area contributed by atoms with Crippen LogP contribution in [0.5, 0.6) is 0 Å². The molecule has 1 atom stereocenters. The number of hydrogen-bond donors (Lipinski definition) is 0. The standard InChI is InChI=1S/C22H28N4OS/c1-5-7-10-13-28-21-24-25(4)20-23-18-16-12-9-8-11-15(16)14-22(3,6-2)17(18)19(27)26(20)21/h8-9,11-12H,5-7,10,13-14H2,1-4H3. The molecule has 0 radical (unpaired) electrons. The summed E-state index contributed by atoms with van der Waals surface area (Å²) >= 11 is 1.66. The first-order chi connectivity index (χ1) is 13.5. The minimum absolute atomic E-state index is 0.0462. The maximum absolute atomic E-state index is 13.7. The summed E-state index contributed by atoms with van der Waals surface area (Å²) < 4.78 is 3.47. The second-order valence-corrected chi connectivity index (χ2v) is 9.05. The van der Waals surface area contributed by atoms with Gasteiger partial charge in [-0.1, -0.05) is 69.6 Å². The van der Waals surface area contributed by atoms with Crippen LogP contribution in [0.3, 0.4) is 0 Å². The van der Waals surface area contributed by atoms with Crippen molar-refractivity contribution in [2.45, 2.75) is 63.4 Å². The fraction of sp³-hybridized carbons (Fsp3) is 0.500. The quantitative estimate of drug-likeness (QED) is 0.451. The number of fused-ring (bicyclic) bond motifs is 4. The van der Waals surface area contributed by atoms with Crippen molar-refractivity contribution in [1.29, 1.82) is 0 Å². The van der Waals surface area contributed by atoms with Crippen molar-refractivity contribution in [3.8, 4) is 11.3 Å². The summed E-state index contributed by atoms with van der Waals surface area (Å²) in [5.41, 5.74) is 3.86. The number of benzene rings is 1. The number of unbranched alkanes of at least 4 members (excludes halogenated alkanes) is 2. The molecule has 0 aliphatic heterocycles. The van der Waals surface area contributed by atoms with Crippen LogP contribution in [-0.4, -0.2) is 24.9 Å². The fourth-order valence-corrected chi connectivity index (χ4v) is 5.19. The van der Waals surface area contributed by atoms with Gasteiger partial charge in [0.25, 0.3) is 5.56 Å². The van der Waals surface area contributed by atoms with Crippen LogP contribution in [0.25, 0.3) is 17.0 Å². The van der Waals surface area contributed by atoms with Gasteiger partial charge in [-0.25, -0.2) is 14.1 Å². The maximum atomic E-state index is 13.7. The molecule has 1 aliphatic carbocycles. The first-order valence-electron chi connectivity index (χ1n) is 10.2. The molecule has 0 bridgehead atoms. The van der Waals surface area contributed by atoms with E-state index >= 15 is 0 Å². The third-order valence-electron chi connectivity index (χ3n) is 6.00. The van der Waals surface area contributed by atoms with E-state index in [0.29, 0.717) is 5.78 Å². The molecular weight excluding hydrogens is 368 g/mol. The van der Waals surface area contributed by atoms with Gasteiger partial charge in [0.15, 0.2) is 5.16 Å². The molecule has 0 fully saturated rings. The van der Waals surface area contributed by atoms with E-state index < -0.39 is 0 Å². The first-order valence-corrected chi connectivity index (χ1v) is 11.2. The Bertz CT molecular complexity index is 1080. The van der Waals surface area contributed by atoms with Gasteiger partial charge < -0.3 is 0 Å². The van der Waals surface area contributed by atoms with Crippen molar-refractivity contribution in [3.63, 3.8) is 0 Å². The summed E-state index contributed by atoms with van der Waals surface area (Å²) in [6.45, 7) is 6.56. The molecule has 5 nitrogen and oxygen atoms in total. The number of thioether (sulfide) groups is 1. The van der Waals surface area contributed by atoms with Gasteiger partial charge in [-0.15, -0.1) is 5.10 Å². The van der Waals surface area contributed by atoms with E-state index in [2.05, 4.69) is 44.1 Å². The highest BCUT2D eigenvalue weighted by molar-refractivity contribution is 7.99. The Morgan fingerprint density at radius 1 is 1.21 bits per heavy atom. The largest absolute Gasteiger partial charge is 0.268 e. The highest BCUT2D eigenvalue weighted by Crippen LogP contribution is 2.42. The van der Waals surface area contributed by atoms with E-state index in [0.717, 1.165) is 47.0 Å². The van der Waals surface area contributed by atoms with E-state index in [1.54, 1.807) is 20.8 Å². The monoisotopic (exact) mass is 396 g/mol. The molecule has 0 amide bonds. The van der Waals surface area contributed by atoms with Gasteiger partial charge in [0.2, 0.25) is 5.78 Å². The average molecular weight is 397 g/mol. The first kappa shape index (κ1) is 19.2. The Kier molecular flexibility index (Phi) is 5.08. The molecular formula is C22H28N4OS. The van der Waals surface area contributed by atoms with Crippen LogP contribution in [0.1, 0.15) is 57.6 Å². The van der Waals surface area contributed by atoms with Gasteiger partial charge in [0.05, 0.1) is 11.3 Å². The van der Waals surface area contributed by atoms with Crippen molar-refractivity contribution in [2.24, 2.45) is 7.05 Å². The zero-order valence-electron chi connectivity index (χ0n) is 17.2. The van der Waals surface area contributed by atoms with E-state index in [-0.39, 0.29) is 11.0 Å². The van der Waals surface area contributed by atoms with Crippen molar-refractivity contribution >= 4 is 17.5 Å². The number of rotatable bonds is 6. The lowest BCUT2D eigenvalue weighted by Gasteiger charge is -2.34. The Labute approximate surface area is 170 Å². The predicted octanol–water partition coefficient (Wildman–Crippen LogP) is 4.60. The number of nitrogens with zero attached hydrogens (tertiary/aromatic N) is 4. The summed E-state index contributed by atoms with van der Waals surface area (Å²) in [6.07, 6.45) is 5.29. The summed E-state index contributed by atoms with van der Waals surface area (Å²) in [5.74, 6) is 1.59. The molecule has 28 heavy (non-hydrogen) atoms. The molecule has 0 saturated heterocycles. The number of aryl methyl sites for hydroxylation is 1. The van der Waals surface area contributed by atoms with Gasteiger partial charge in [0.1, 0.15) is 0 Å². The highest BCUT2D eigenvalue weighted by atomic mass is 32.2. The van der Waals surface area contributed by atoms with Crippen LogP contribution in [-0.2, 0) is 18.9 Å². The van der Waals surface area contributed by atoms with E-state index in [4.69, 9.17) is 4.98 Å².